The molecule has 0 bridgehead atoms. The Balaban J connectivity index is 1.88. The van der Waals surface area contributed by atoms with Crippen LogP contribution in [-0.4, -0.2) is 18.1 Å². The van der Waals surface area contributed by atoms with Crippen molar-refractivity contribution in [2.75, 3.05) is 11.9 Å². The van der Waals surface area contributed by atoms with Crippen molar-refractivity contribution < 1.29 is 14.5 Å². The first-order valence-corrected chi connectivity index (χ1v) is 8.72. The summed E-state index contributed by atoms with van der Waals surface area (Å²) in [7, 11) is 2.08. The number of carboxylic acid groups (broad SMARTS) is 1. The summed E-state index contributed by atoms with van der Waals surface area (Å²) in [5.41, 5.74) is 4.52. The van der Waals surface area contributed by atoms with E-state index in [-0.39, 0.29) is 6.42 Å². The van der Waals surface area contributed by atoms with Gasteiger partial charge in [-0.1, -0.05) is 23.9 Å². The average molecular weight is 341 g/mol. The number of aromatic nitrogens is 1. The van der Waals surface area contributed by atoms with E-state index in [0.717, 1.165) is 17.0 Å². The summed E-state index contributed by atoms with van der Waals surface area (Å²) < 4.78 is 2.05. The number of rotatable bonds is 4. The fourth-order valence-electron chi connectivity index (χ4n) is 2.99. The molecule has 0 atom stereocenters. The molecule has 1 aliphatic rings. The maximum atomic E-state index is 10.8. The minimum atomic E-state index is -0.769. The van der Waals surface area contributed by atoms with Gasteiger partial charge in [0.25, 0.3) is 0 Å². The molecule has 0 saturated heterocycles. The minimum absolute atomic E-state index is 0.140. The minimum Gasteiger partial charge on any atom is -0.481 e. The van der Waals surface area contributed by atoms with Crippen LogP contribution in [0.15, 0.2) is 46.3 Å². The van der Waals surface area contributed by atoms with Crippen LogP contribution in [0.1, 0.15) is 23.4 Å². The van der Waals surface area contributed by atoms with Gasteiger partial charge in [0, 0.05) is 37.9 Å². The van der Waals surface area contributed by atoms with E-state index in [0.29, 0.717) is 6.54 Å². The van der Waals surface area contributed by atoms with E-state index in [4.69, 9.17) is 5.11 Å². The molecule has 2 aromatic rings. The lowest BCUT2D eigenvalue weighted by molar-refractivity contribution is -0.707. The second-order valence-electron chi connectivity index (χ2n) is 5.98. The highest BCUT2D eigenvalue weighted by Crippen LogP contribution is 2.45. The molecule has 1 aromatic heterocycles. The molecule has 1 N–H and O–H groups in total. The molecule has 0 aliphatic carbocycles. The molecule has 0 spiro atoms. The summed E-state index contributed by atoms with van der Waals surface area (Å²) >= 11 is 1.77. The molecule has 0 fully saturated rings. The number of aliphatic carboxylic acids is 1. The Hall–Kier alpha value is -2.27. The van der Waals surface area contributed by atoms with Crippen molar-refractivity contribution in [2.24, 2.45) is 0 Å². The molecule has 1 aliphatic heterocycles. The van der Waals surface area contributed by atoms with Gasteiger partial charge in [-0.15, -0.1) is 0 Å². The van der Waals surface area contributed by atoms with Gasteiger partial charge < -0.3 is 10.0 Å². The number of hydrogen-bond acceptors (Lipinski definition) is 3. The number of aryl methyl sites for hydroxylation is 2. The smallest absolute Gasteiger partial charge is 0.309 e. The molecule has 4 nitrogen and oxygen atoms in total. The summed E-state index contributed by atoms with van der Waals surface area (Å²) in [6.07, 6.45) is 2.33. The van der Waals surface area contributed by atoms with Crippen molar-refractivity contribution in [3.8, 4) is 0 Å². The molecule has 124 valence electrons. The van der Waals surface area contributed by atoms with Gasteiger partial charge in [0.15, 0.2) is 17.9 Å². The molecule has 5 heteroatoms. The predicted molar refractivity (Wildman–Crippen MR) is 97.0 cm³/mol. The van der Waals surface area contributed by atoms with Crippen LogP contribution < -0.4 is 9.47 Å². The Kier molecular flexibility index (Phi) is 4.62. The Bertz CT molecular complexity index is 807. The molecular formula is C19H21N2O2S+. The standard InChI is InChI=1S/C19H20N2O2S/c1-13-10-15(11-14(2)21(13)9-8-19(22)23)12-18-20(3)16-6-4-5-7-17(16)24-18/h4-7,10-12H,8-9H2,1-3H3/p+1. The highest BCUT2D eigenvalue weighted by atomic mass is 32.2. The molecule has 2 heterocycles. The monoisotopic (exact) mass is 341 g/mol. The van der Waals surface area contributed by atoms with E-state index in [1.807, 2.05) is 13.8 Å². The molecule has 24 heavy (non-hydrogen) atoms. The first kappa shape index (κ1) is 16.6. The number of pyridine rings is 1. The molecule has 1 aromatic carbocycles. The normalized spacial score (nSPS) is 15.0. The van der Waals surface area contributed by atoms with Crippen LogP contribution in [0.4, 0.5) is 5.69 Å². The lowest BCUT2D eigenvalue weighted by Gasteiger charge is -2.13. The van der Waals surface area contributed by atoms with Gasteiger partial charge in [-0.2, -0.15) is 4.57 Å². The van der Waals surface area contributed by atoms with Crippen molar-refractivity contribution in [3.63, 3.8) is 0 Å². The van der Waals surface area contributed by atoms with Gasteiger partial charge in [0.05, 0.1) is 10.7 Å². The summed E-state index contributed by atoms with van der Waals surface area (Å²) in [6, 6.07) is 12.6. The summed E-state index contributed by atoms with van der Waals surface area (Å²) in [5, 5.41) is 10.1. The first-order chi connectivity index (χ1) is 11.5. The average Bonchev–Trinajstić information content (AvgIpc) is 2.83. The zero-order chi connectivity index (χ0) is 17.3. The maximum Gasteiger partial charge on any atom is 0.309 e. The number of para-hydroxylation sites is 1. The van der Waals surface area contributed by atoms with Gasteiger partial charge >= 0.3 is 5.97 Å². The van der Waals surface area contributed by atoms with Crippen LogP contribution in [0.2, 0.25) is 0 Å². The van der Waals surface area contributed by atoms with Gasteiger partial charge in [-0.3, -0.25) is 4.79 Å². The van der Waals surface area contributed by atoms with E-state index in [9.17, 15) is 4.79 Å². The van der Waals surface area contributed by atoms with Gasteiger partial charge in [0.2, 0.25) is 0 Å². The van der Waals surface area contributed by atoms with E-state index >= 15 is 0 Å². The van der Waals surface area contributed by atoms with Crippen molar-refractivity contribution in [2.45, 2.75) is 31.7 Å². The third kappa shape index (κ3) is 3.31. The SMILES string of the molecule is Cc1cc(/C=C2/Sc3ccccc3N2C)cc(C)[n+]1CCC(=O)O. The van der Waals surface area contributed by atoms with Crippen LogP contribution in [-0.2, 0) is 11.3 Å². The van der Waals surface area contributed by atoms with Gasteiger partial charge in [0.1, 0.15) is 6.42 Å². The van der Waals surface area contributed by atoms with Crippen LogP contribution in [0.5, 0.6) is 0 Å². The summed E-state index contributed by atoms with van der Waals surface area (Å²) in [6.45, 7) is 4.55. The largest absolute Gasteiger partial charge is 0.481 e. The zero-order valence-electron chi connectivity index (χ0n) is 14.1. The van der Waals surface area contributed by atoms with Gasteiger partial charge in [-0.05, 0) is 23.8 Å². The number of thioether (sulfide) groups is 1. The Morgan fingerprint density at radius 2 is 1.92 bits per heavy atom. The van der Waals surface area contributed by atoms with E-state index in [1.54, 1.807) is 11.8 Å². The quantitative estimate of drug-likeness (QED) is 0.863. The third-order valence-corrected chi connectivity index (χ3v) is 5.38. The Labute approximate surface area is 146 Å². The van der Waals surface area contributed by atoms with Crippen molar-refractivity contribution in [1.82, 2.24) is 0 Å². The first-order valence-electron chi connectivity index (χ1n) is 7.91. The number of carbonyl (C=O) groups is 1. The Morgan fingerprint density at radius 3 is 2.54 bits per heavy atom. The molecule has 0 amide bonds. The number of carboxylic acids is 1. The lowest BCUT2D eigenvalue weighted by atomic mass is 10.1. The molecule has 0 radical (unpaired) electrons. The van der Waals surface area contributed by atoms with Crippen LogP contribution >= 0.6 is 11.8 Å². The highest BCUT2D eigenvalue weighted by Gasteiger charge is 2.22. The van der Waals surface area contributed by atoms with Crippen molar-refractivity contribution >= 4 is 29.5 Å². The highest BCUT2D eigenvalue weighted by molar-refractivity contribution is 8.03. The number of fused-ring (bicyclic) bond motifs is 1. The van der Waals surface area contributed by atoms with Crippen LogP contribution in [0.3, 0.4) is 0 Å². The van der Waals surface area contributed by atoms with E-state index in [1.165, 1.54) is 15.6 Å². The topological polar surface area (TPSA) is 44.4 Å². The van der Waals surface area contributed by atoms with E-state index < -0.39 is 5.97 Å². The zero-order valence-corrected chi connectivity index (χ0v) is 14.9. The number of benzene rings is 1. The van der Waals surface area contributed by atoms with Gasteiger partial charge in [-0.25, -0.2) is 0 Å². The number of anilines is 1. The van der Waals surface area contributed by atoms with Crippen molar-refractivity contribution in [1.29, 1.82) is 0 Å². The summed E-state index contributed by atoms with van der Waals surface area (Å²) in [5.74, 6) is -0.769. The second kappa shape index (κ2) is 6.69. The molecule has 3 rings (SSSR count). The summed E-state index contributed by atoms with van der Waals surface area (Å²) in [4.78, 5) is 14.3. The van der Waals surface area contributed by atoms with Crippen molar-refractivity contribution in [3.05, 3.63) is 58.4 Å². The molecule has 0 unspecified atom stereocenters. The predicted octanol–water partition coefficient (Wildman–Crippen LogP) is 3.61. The van der Waals surface area contributed by atoms with Crippen LogP contribution in [0.25, 0.3) is 6.08 Å². The number of nitrogens with zero attached hydrogens (tertiary/aromatic N) is 2. The lowest BCUT2D eigenvalue weighted by Crippen LogP contribution is -2.41. The fraction of sp³-hybridized carbons (Fsp3) is 0.263. The second-order valence-corrected chi connectivity index (χ2v) is 7.04. The third-order valence-electron chi connectivity index (χ3n) is 4.21. The maximum absolute atomic E-state index is 10.8. The van der Waals surface area contributed by atoms with Crippen LogP contribution in [0, 0.1) is 13.8 Å². The Morgan fingerprint density at radius 1 is 1.25 bits per heavy atom. The fourth-order valence-corrected chi connectivity index (χ4v) is 4.10. The molecule has 0 saturated carbocycles. The molecular weight excluding hydrogens is 320 g/mol. The number of hydrogen-bond donors (Lipinski definition) is 1. The van der Waals surface area contributed by atoms with E-state index in [2.05, 4.69) is 59.0 Å².